The molecule has 1 unspecified atom stereocenters. The summed E-state index contributed by atoms with van der Waals surface area (Å²) in [6.45, 7) is 0. The van der Waals surface area contributed by atoms with E-state index in [1.807, 2.05) is 42.5 Å². The Morgan fingerprint density at radius 1 is 0.556 bits per heavy atom. The maximum atomic E-state index is 6.52. The second kappa shape index (κ2) is 10.4. The monoisotopic (exact) mass is 577 g/mol. The van der Waals surface area contributed by atoms with Gasteiger partial charge in [0.25, 0.3) is 0 Å². The fourth-order valence-corrected chi connectivity index (χ4v) is 6.72. The summed E-state index contributed by atoms with van der Waals surface area (Å²) >= 11 is 0. The molecule has 1 aliphatic carbocycles. The predicted octanol–water partition coefficient (Wildman–Crippen LogP) is 10.3. The Labute approximate surface area is 260 Å². The van der Waals surface area contributed by atoms with Crippen LogP contribution in [0.5, 0.6) is 0 Å². The van der Waals surface area contributed by atoms with E-state index in [1.165, 1.54) is 16.3 Å². The van der Waals surface area contributed by atoms with Crippen LogP contribution in [0.25, 0.3) is 72.8 Å². The first kappa shape index (κ1) is 25.6. The molecule has 6 aromatic carbocycles. The second-order valence-corrected chi connectivity index (χ2v) is 11.6. The summed E-state index contributed by atoms with van der Waals surface area (Å²) in [5.74, 6) is 3.19. The first-order valence-electron chi connectivity index (χ1n) is 15.3. The summed E-state index contributed by atoms with van der Waals surface area (Å²) in [7, 11) is 0. The van der Waals surface area contributed by atoms with Crippen molar-refractivity contribution in [3.8, 4) is 34.2 Å². The van der Waals surface area contributed by atoms with Crippen LogP contribution in [0.3, 0.4) is 0 Å². The Kier molecular flexibility index (Phi) is 5.91. The van der Waals surface area contributed by atoms with Crippen LogP contribution in [-0.2, 0) is 6.42 Å². The maximum absolute atomic E-state index is 6.52. The number of benzene rings is 6. The zero-order chi connectivity index (χ0) is 29.7. The van der Waals surface area contributed by atoms with Crippen molar-refractivity contribution in [2.75, 3.05) is 0 Å². The minimum Gasteiger partial charge on any atom is -0.460 e. The average Bonchev–Trinajstić information content (AvgIpc) is 3.50. The Morgan fingerprint density at radius 2 is 1.22 bits per heavy atom. The first-order chi connectivity index (χ1) is 22.3. The van der Waals surface area contributed by atoms with Crippen molar-refractivity contribution in [1.82, 2.24) is 15.0 Å². The van der Waals surface area contributed by atoms with Gasteiger partial charge in [0.2, 0.25) is 0 Å². The Bertz CT molecular complexity index is 2410. The van der Waals surface area contributed by atoms with Gasteiger partial charge < -0.3 is 4.42 Å². The average molecular weight is 578 g/mol. The van der Waals surface area contributed by atoms with E-state index in [-0.39, 0.29) is 5.92 Å². The van der Waals surface area contributed by atoms with Gasteiger partial charge in [-0.15, -0.1) is 0 Å². The normalized spacial score (nSPS) is 14.3. The van der Waals surface area contributed by atoms with Crippen LogP contribution < -0.4 is 0 Å². The topological polar surface area (TPSA) is 51.8 Å². The summed E-state index contributed by atoms with van der Waals surface area (Å²) in [6, 6.07) is 46.1. The van der Waals surface area contributed by atoms with Gasteiger partial charge in [-0.1, -0.05) is 133 Å². The zero-order valence-electron chi connectivity index (χ0n) is 24.4. The Balaban J connectivity index is 1.27. The zero-order valence-corrected chi connectivity index (χ0v) is 24.4. The van der Waals surface area contributed by atoms with Crippen LogP contribution in [0.1, 0.15) is 22.8 Å². The van der Waals surface area contributed by atoms with Crippen LogP contribution in [0, 0.1) is 0 Å². The van der Waals surface area contributed by atoms with Crippen LogP contribution in [0.15, 0.2) is 144 Å². The van der Waals surface area contributed by atoms with Crippen LogP contribution >= 0.6 is 0 Å². The summed E-state index contributed by atoms with van der Waals surface area (Å²) in [5.41, 5.74) is 6.10. The van der Waals surface area contributed by atoms with Gasteiger partial charge in [-0.25, -0.2) is 15.0 Å². The SMILES string of the molecule is C1=CC(c2ccccc2)Cc2oc3cccc(-c4nc(-c5ccccc5)nc(-c5cc6ccccc6c6ccccc56)n4)c3c21. The van der Waals surface area contributed by atoms with Crippen molar-refractivity contribution in [2.45, 2.75) is 12.3 Å². The Morgan fingerprint density at radius 3 is 2.04 bits per heavy atom. The molecule has 9 rings (SSSR count). The molecule has 2 aromatic heterocycles. The third kappa shape index (κ3) is 4.34. The molecular weight excluding hydrogens is 550 g/mol. The van der Waals surface area contributed by atoms with Gasteiger partial charge in [0, 0.05) is 40.0 Å². The van der Waals surface area contributed by atoms with E-state index in [4.69, 9.17) is 19.4 Å². The molecule has 0 saturated heterocycles. The number of hydrogen-bond donors (Lipinski definition) is 0. The molecule has 1 atom stereocenters. The molecule has 0 N–H and O–H groups in total. The molecule has 0 aliphatic heterocycles. The van der Waals surface area contributed by atoms with Crippen molar-refractivity contribution in [1.29, 1.82) is 0 Å². The van der Waals surface area contributed by atoms with Crippen molar-refractivity contribution in [3.05, 3.63) is 156 Å². The third-order valence-corrected chi connectivity index (χ3v) is 8.87. The molecule has 0 saturated carbocycles. The van der Waals surface area contributed by atoms with Crippen molar-refractivity contribution >= 4 is 38.6 Å². The highest BCUT2D eigenvalue weighted by atomic mass is 16.3. The lowest BCUT2D eigenvalue weighted by Crippen LogP contribution is -2.04. The summed E-state index contributed by atoms with van der Waals surface area (Å²) in [5, 5.41) is 5.69. The molecule has 2 heterocycles. The highest BCUT2D eigenvalue weighted by Crippen LogP contribution is 2.41. The standard InChI is InChI=1S/C41H27N3O/c1-3-12-26(13-4-1)28-22-23-33-37(25-28)45-36-21-11-20-34(38(33)36)40-42-39(27-14-5-2-6-15-27)43-41(44-40)35-24-29-16-7-8-17-30(29)31-18-9-10-19-32(31)35/h1-24,28H,25H2. The fraction of sp³-hybridized carbons (Fsp3) is 0.0488. The van der Waals surface area contributed by atoms with Gasteiger partial charge in [-0.05, 0) is 39.2 Å². The number of nitrogens with zero attached hydrogens (tertiary/aromatic N) is 3. The number of rotatable bonds is 4. The first-order valence-corrected chi connectivity index (χ1v) is 15.3. The lowest BCUT2D eigenvalue weighted by molar-refractivity contribution is 0.532. The molecule has 0 amide bonds. The maximum Gasteiger partial charge on any atom is 0.164 e. The molecule has 0 bridgehead atoms. The van der Waals surface area contributed by atoms with E-state index >= 15 is 0 Å². The van der Waals surface area contributed by atoms with Gasteiger partial charge >= 0.3 is 0 Å². The largest absolute Gasteiger partial charge is 0.460 e. The fourth-order valence-electron chi connectivity index (χ4n) is 6.72. The molecule has 4 nitrogen and oxygen atoms in total. The van der Waals surface area contributed by atoms with Gasteiger partial charge in [0.15, 0.2) is 17.5 Å². The van der Waals surface area contributed by atoms with Gasteiger partial charge in [0.1, 0.15) is 11.3 Å². The lowest BCUT2D eigenvalue weighted by atomic mass is 9.88. The van der Waals surface area contributed by atoms with Crippen LogP contribution in [0.2, 0.25) is 0 Å². The van der Waals surface area contributed by atoms with Gasteiger partial charge in [0.05, 0.1) is 0 Å². The number of hydrogen-bond acceptors (Lipinski definition) is 4. The minimum atomic E-state index is 0.275. The number of aromatic nitrogens is 3. The highest BCUT2D eigenvalue weighted by Gasteiger charge is 2.25. The Hall–Kier alpha value is -5.87. The van der Waals surface area contributed by atoms with Crippen LogP contribution in [0.4, 0.5) is 0 Å². The summed E-state index contributed by atoms with van der Waals surface area (Å²) in [6.07, 6.45) is 5.31. The van der Waals surface area contributed by atoms with E-state index in [9.17, 15) is 0 Å². The minimum absolute atomic E-state index is 0.275. The quantitative estimate of drug-likeness (QED) is 0.195. The molecule has 45 heavy (non-hydrogen) atoms. The summed E-state index contributed by atoms with van der Waals surface area (Å²) < 4.78 is 6.52. The summed E-state index contributed by atoms with van der Waals surface area (Å²) in [4.78, 5) is 15.4. The van der Waals surface area contributed by atoms with E-state index in [0.29, 0.717) is 17.5 Å². The lowest BCUT2D eigenvalue weighted by Gasteiger charge is -2.16. The molecule has 212 valence electrons. The number of furan rings is 1. The molecular formula is C41H27N3O. The predicted molar refractivity (Wildman–Crippen MR) is 183 cm³/mol. The van der Waals surface area contributed by atoms with E-state index in [0.717, 1.165) is 56.2 Å². The van der Waals surface area contributed by atoms with Gasteiger partial charge in [-0.2, -0.15) is 0 Å². The van der Waals surface area contributed by atoms with E-state index in [1.54, 1.807) is 0 Å². The highest BCUT2D eigenvalue weighted by molar-refractivity contribution is 6.13. The molecule has 0 spiro atoms. The smallest absolute Gasteiger partial charge is 0.164 e. The number of allylic oxidation sites excluding steroid dienone is 1. The molecule has 4 heteroatoms. The van der Waals surface area contributed by atoms with Crippen molar-refractivity contribution in [2.24, 2.45) is 0 Å². The molecule has 0 fully saturated rings. The second-order valence-electron chi connectivity index (χ2n) is 11.6. The molecule has 8 aromatic rings. The van der Waals surface area contributed by atoms with Crippen molar-refractivity contribution in [3.63, 3.8) is 0 Å². The van der Waals surface area contributed by atoms with E-state index < -0.39 is 0 Å². The molecule has 1 aliphatic rings. The van der Waals surface area contributed by atoms with E-state index in [2.05, 4.69) is 103 Å². The molecule has 0 radical (unpaired) electrons. The van der Waals surface area contributed by atoms with Gasteiger partial charge in [-0.3, -0.25) is 0 Å². The van der Waals surface area contributed by atoms with Crippen LogP contribution in [-0.4, -0.2) is 15.0 Å². The van der Waals surface area contributed by atoms with Crippen molar-refractivity contribution < 1.29 is 4.42 Å². The number of fused-ring (bicyclic) bond motifs is 6. The third-order valence-electron chi connectivity index (χ3n) is 8.87.